The van der Waals surface area contributed by atoms with Gasteiger partial charge < -0.3 is 0 Å². The lowest BCUT2D eigenvalue weighted by Gasteiger charge is -2.36. The molecule has 0 bridgehead atoms. The highest BCUT2D eigenvalue weighted by Crippen LogP contribution is 2.25. The van der Waals surface area contributed by atoms with Crippen LogP contribution in [0, 0.1) is 5.92 Å². The summed E-state index contributed by atoms with van der Waals surface area (Å²) in [5.74, 6) is 0.826. The third-order valence-corrected chi connectivity index (χ3v) is 4.47. The molecule has 0 heterocycles. The molecule has 0 aromatic carbocycles. The van der Waals surface area contributed by atoms with Gasteiger partial charge in [-0.2, -0.15) is 0 Å². The van der Waals surface area contributed by atoms with Crippen LogP contribution >= 0.6 is 0 Å². The number of unbranched alkanes of at least 4 members (excludes halogenated alkanes) is 1. The van der Waals surface area contributed by atoms with Crippen molar-refractivity contribution in [2.75, 3.05) is 13.1 Å². The molecule has 1 atom stereocenters. The van der Waals surface area contributed by atoms with Crippen LogP contribution in [0.4, 0.5) is 0 Å². The summed E-state index contributed by atoms with van der Waals surface area (Å²) in [4.78, 5) is 2.60. The molecule has 0 aliphatic heterocycles. The highest BCUT2D eigenvalue weighted by molar-refractivity contribution is 4.97. The Hall–Kier alpha value is -0.560. The van der Waals surface area contributed by atoms with E-state index in [-0.39, 0.29) is 5.54 Å². The molecule has 0 aliphatic rings. The molecule has 22 heavy (non-hydrogen) atoms. The maximum Gasteiger partial charge on any atom is 0.0125 e. The van der Waals surface area contributed by atoms with E-state index in [9.17, 15) is 0 Å². The number of nitrogens with zero attached hydrogens (tertiary/aromatic N) is 1. The molecule has 0 fully saturated rings. The van der Waals surface area contributed by atoms with Gasteiger partial charge in [-0.15, -0.1) is 6.58 Å². The summed E-state index contributed by atoms with van der Waals surface area (Å²) in [6.45, 7) is 22.1. The summed E-state index contributed by atoms with van der Waals surface area (Å²) in [6.07, 6.45) is 12.0. The minimum absolute atomic E-state index is 0.267. The van der Waals surface area contributed by atoms with Crippen molar-refractivity contribution in [3.8, 4) is 0 Å². The standard InChI is InChI=1S/C21H41N/c1-8-11-12-14-20(13-9-2)18-19(4)15-17-22(16-10-3)21(5,6)7/h8,20H,1,4,9-18H2,2-3,5-7H3/t20-/m0/s1. The van der Waals surface area contributed by atoms with Gasteiger partial charge in [0, 0.05) is 12.1 Å². The van der Waals surface area contributed by atoms with Crippen LogP contribution in [0.25, 0.3) is 0 Å². The predicted octanol–water partition coefficient (Wildman–Crippen LogP) is 6.61. The quantitative estimate of drug-likeness (QED) is 0.273. The van der Waals surface area contributed by atoms with Gasteiger partial charge >= 0.3 is 0 Å². The van der Waals surface area contributed by atoms with Gasteiger partial charge in [-0.1, -0.05) is 44.9 Å². The van der Waals surface area contributed by atoms with E-state index in [0.29, 0.717) is 0 Å². The first-order chi connectivity index (χ1) is 10.3. The Balaban J connectivity index is 4.28. The maximum atomic E-state index is 4.37. The topological polar surface area (TPSA) is 3.24 Å². The molecule has 0 aliphatic carbocycles. The van der Waals surface area contributed by atoms with Gasteiger partial charge in [-0.05, 0) is 71.8 Å². The fraction of sp³-hybridized carbons (Fsp3) is 0.810. The largest absolute Gasteiger partial charge is 0.298 e. The average Bonchev–Trinajstić information content (AvgIpc) is 2.42. The van der Waals surface area contributed by atoms with Crippen molar-refractivity contribution in [2.45, 2.75) is 91.5 Å². The lowest BCUT2D eigenvalue weighted by molar-refractivity contribution is 0.138. The zero-order valence-corrected chi connectivity index (χ0v) is 16.1. The van der Waals surface area contributed by atoms with Crippen LogP contribution in [0.5, 0.6) is 0 Å². The van der Waals surface area contributed by atoms with E-state index >= 15 is 0 Å². The Bertz CT molecular complexity index is 298. The van der Waals surface area contributed by atoms with Crippen LogP contribution in [-0.4, -0.2) is 23.5 Å². The van der Waals surface area contributed by atoms with Crippen molar-refractivity contribution in [2.24, 2.45) is 5.92 Å². The Labute approximate surface area is 140 Å². The molecule has 0 N–H and O–H groups in total. The third kappa shape index (κ3) is 10.2. The third-order valence-electron chi connectivity index (χ3n) is 4.47. The van der Waals surface area contributed by atoms with Crippen LogP contribution in [0.2, 0.25) is 0 Å². The zero-order chi connectivity index (χ0) is 17.0. The highest BCUT2D eigenvalue weighted by Gasteiger charge is 2.20. The molecule has 0 amide bonds. The molecular formula is C21H41N. The summed E-state index contributed by atoms with van der Waals surface area (Å²) in [6, 6.07) is 0. The van der Waals surface area contributed by atoms with Gasteiger partial charge in [-0.3, -0.25) is 4.90 Å². The number of allylic oxidation sites excluding steroid dienone is 1. The Morgan fingerprint density at radius 1 is 1.09 bits per heavy atom. The van der Waals surface area contributed by atoms with Crippen molar-refractivity contribution in [3.63, 3.8) is 0 Å². The van der Waals surface area contributed by atoms with Crippen LogP contribution in [-0.2, 0) is 0 Å². The second-order valence-corrected chi connectivity index (χ2v) is 7.74. The van der Waals surface area contributed by atoms with E-state index in [1.807, 2.05) is 6.08 Å². The average molecular weight is 308 g/mol. The first-order valence-corrected chi connectivity index (χ1v) is 9.37. The SMILES string of the molecule is C=CCCC[C@H](CCC)CC(=C)CCN(CCC)C(C)(C)C. The molecule has 0 saturated heterocycles. The smallest absolute Gasteiger partial charge is 0.0125 e. The normalized spacial score (nSPS) is 13.4. The minimum Gasteiger partial charge on any atom is -0.298 e. The van der Waals surface area contributed by atoms with E-state index in [1.165, 1.54) is 50.6 Å². The van der Waals surface area contributed by atoms with E-state index in [2.05, 4.69) is 52.7 Å². The summed E-state index contributed by atoms with van der Waals surface area (Å²) in [5.41, 5.74) is 1.71. The number of rotatable bonds is 13. The highest BCUT2D eigenvalue weighted by atomic mass is 15.2. The molecule has 0 saturated carbocycles. The van der Waals surface area contributed by atoms with Gasteiger partial charge in [-0.25, -0.2) is 0 Å². The molecule has 0 unspecified atom stereocenters. The molecular weight excluding hydrogens is 266 g/mol. The summed E-state index contributed by atoms with van der Waals surface area (Å²) >= 11 is 0. The zero-order valence-electron chi connectivity index (χ0n) is 16.1. The lowest BCUT2D eigenvalue weighted by Crippen LogP contribution is -2.42. The Morgan fingerprint density at radius 2 is 1.77 bits per heavy atom. The Morgan fingerprint density at radius 3 is 2.27 bits per heavy atom. The fourth-order valence-corrected chi connectivity index (χ4v) is 3.16. The van der Waals surface area contributed by atoms with Crippen molar-refractivity contribution in [1.82, 2.24) is 4.90 Å². The maximum absolute atomic E-state index is 4.37. The molecule has 1 nitrogen and oxygen atoms in total. The van der Waals surface area contributed by atoms with E-state index in [4.69, 9.17) is 0 Å². The predicted molar refractivity (Wildman–Crippen MR) is 102 cm³/mol. The minimum atomic E-state index is 0.267. The molecule has 0 aromatic rings. The molecule has 0 aromatic heterocycles. The van der Waals surface area contributed by atoms with Gasteiger partial charge in [0.25, 0.3) is 0 Å². The molecule has 130 valence electrons. The summed E-state index contributed by atoms with van der Waals surface area (Å²) in [5, 5.41) is 0. The Kier molecular flexibility index (Phi) is 11.6. The van der Waals surface area contributed by atoms with Crippen molar-refractivity contribution in [3.05, 3.63) is 24.8 Å². The van der Waals surface area contributed by atoms with Crippen molar-refractivity contribution < 1.29 is 0 Å². The molecule has 1 heteroatoms. The first-order valence-electron chi connectivity index (χ1n) is 9.37. The summed E-state index contributed by atoms with van der Waals surface area (Å²) < 4.78 is 0. The molecule has 0 spiro atoms. The number of hydrogen-bond acceptors (Lipinski definition) is 1. The van der Waals surface area contributed by atoms with Gasteiger partial charge in [0.15, 0.2) is 0 Å². The first kappa shape index (κ1) is 21.4. The van der Waals surface area contributed by atoms with Crippen molar-refractivity contribution >= 4 is 0 Å². The van der Waals surface area contributed by atoms with Gasteiger partial charge in [0.05, 0.1) is 0 Å². The van der Waals surface area contributed by atoms with Crippen molar-refractivity contribution in [1.29, 1.82) is 0 Å². The van der Waals surface area contributed by atoms with Gasteiger partial charge in [0.2, 0.25) is 0 Å². The van der Waals surface area contributed by atoms with E-state index in [0.717, 1.165) is 25.3 Å². The van der Waals surface area contributed by atoms with Gasteiger partial charge in [0.1, 0.15) is 0 Å². The van der Waals surface area contributed by atoms with Crippen LogP contribution in [0.1, 0.15) is 86.0 Å². The van der Waals surface area contributed by atoms with Crippen LogP contribution < -0.4 is 0 Å². The van der Waals surface area contributed by atoms with E-state index in [1.54, 1.807) is 0 Å². The van der Waals surface area contributed by atoms with E-state index < -0.39 is 0 Å². The van der Waals surface area contributed by atoms with Crippen LogP contribution in [0.3, 0.4) is 0 Å². The van der Waals surface area contributed by atoms with Crippen LogP contribution in [0.15, 0.2) is 24.8 Å². The molecule has 0 radical (unpaired) electrons. The molecule has 0 rings (SSSR count). The second-order valence-electron chi connectivity index (χ2n) is 7.74. The summed E-state index contributed by atoms with van der Waals surface area (Å²) in [7, 11) is 0. The number of hydrogen-bond donors (Lipinski definition) is 0. The monoisotopic (exact) mass is 307 g/mol. The lowest BCUT2D eigenvalue weighted by atomic mass is 9.89. The fourth-order valence-electron chi connectivity index (χ4n) is 3.16. The second kappa shape index (κ2) is 11.9.